The third-order valence-electron chi connectivity index (χ3n) is 2.34. The molecule has 0 aliphatic rings. The minimum Gasteiger partial charge on any atom is -0.220 e. The van der Waals surface area contributed by atoms with E-state index >= 15 is 0 Å². The average Bonchev–Trinajstić information content (AvgIpc) is 2.25. The van der Waals surface area contributed by atoms with Gasteiger partial charge >= 0.3 is 6.18 Å². The highest BCUT2D eigenvalue weighted by molar-refractivity contribution is 9.10. The van der Waals surface area contributed by atoms with Gasteiger partial charge in [0.1, 0.15) is 22.6 Å². The number of nitrogens with zero attached hydrogens (tertiary/aromatic N) is 2. The maximum absolute atomic E-state index is 12.3. The van der Waals surface area contributed by atoms with Crippen molar-refractivity contribution in [3.8, 4) is 11.1 Å². The van der Waals surface area contributed by atoms with Crippen molar-refractivity contribution in [3.05, 3.63) is 44.9 Å². The fraction of sp³-hybridized carbons (Fsp3) is 0.167. The fourth-order valence-electron chi connectivity index (χ4n) is 1.59. The monoisotopic (exact) mass is 384 g/mol. The predicted molar refractivity (Wildman–Crippen MR) is 74.9 cm³/mol. The molecule has 20 heavy (non-hydrogen) atoms. The van der Waals surface area contributed by atoms with Gasteiger partial charge in [-0.25, -0.2) is 9.97 Å². The molecule has 106 valence electrons. The quantitative estimate of drug-likeness (QED) is 0.654. The van der Waals surface area contributed by atoms with Crippen molar-refractivity contribution in [1.29, 1.82) is 0 Å². The average molecular weight is 386 g/mol. The van der Waals surface area contributed by atoms with Crippen molar-refractivity contribution in [2.24, 2.45) is 0 Å². The molecule has 0 bridgehead atoms. The molecule has 1 heterocycles. The summed E-state index contributed by atoms with van der Waals surface area (Å²) < 4.78 is 37.7. The van der Waals surface area contributed by atoms with Crippen LogP contribution < -0.4 is 0 Å². The number of rotatable bonds is 2. The third kappa shape index (κ3) is 3.84. The number of halogens is 6. The van der Waals surface area contributed by atoms with E-state index in [1.807, 2.05) is 0 Å². The SMILES string of the molecule is FC(F)(F)Cc1nc(Cl)c(-c2cccc(Br)c2)c(Cl)n1. The van der Waals surface area contributed by atoms with E-state index < -0.39 is 18.4 Å². The van der Waals surface area contributed by atoms with Crippen molar-refractivity contribution < 1.29 is 13.2 Å². The maximum Gasteiger partial charge on any atom is 0.396 e. The Hall–Kier alpha value is -0.850. The van der Waals surface area contributed by atoms with Crippen LogP contribution in [0.1, 0.15) is 5.82 Å². The van der Waals surface area contributed by atoms with Crippen LogP contribution in [-0.4, -0.2) is 16.1 Å². The van der Waals surface area contributed by atoms with Gasteiger partial charge < -0.3 is 0 Å². The molecule has 0 amide bonds. The second-order valence-corrected chi connectivity index (χ2v) is 5.53. The van der Waals surface area contributed by atoms with Crippen LogP contribution in [0, 0.1) is 0 Å². The van der Waals surface area contributed by atoms with Gasteiger partial charge in [0, 0.05) is 4.47 Å². The Balaban J connectivity index is 2.47. The van der Waals surface area contributed by atoms with Crippen molar-refractivity contribution in [2.75, 3.05) is 0 Å². The number of aromatic nitrogens is 2. The van der Waals surface area contributed by atoms with Crippen LogP contribution in [0.2, 0.25) is 10.3 Å². The van der Waals surface area contributed by atoms with Gasteiger partial charge in [0.2, 0.25) is 0 Å². The van der Waals surface area contributed by atoms with Gasteiger partial charge in [0.15, 0.2) is 0 Å². The Morgan fingerprint density at radius 1 is 1.10 bits per heavy atom. The summed E-state index contributed by atoms with van der Waals surface area (Å²) in [6.45, 7) is 0. The summed E-state index contributed by atoms with van der Waals surface area (Å²) in [5.41, 5.74) is 0.925. The molecule has 0 radical (unpaired) electrons. The lowest BCUT2D eigenvalue weighted by Crippen LogP contribution is -2.14. The first-order valence-electron chi connectivity index (χ1n) is 5.31. The van der Waals surface area contributed by atoms with Gasteiger partial charge in [-0.1, -0.05) is 51.3 Å². The van der Waals surface area contributed by atoms with Gasteiger partial charge in [0.05, 0.1) is 5.56 Å². The van der Waals surface area contributed by atoms with Crippen LogP contribution in [0.4, 0.5) is 13.2 Å². The maximum atomic E-state index is 12.3. The lowest BCUT2D eigenvalue weighted by Gasteiger charge is -2.10. The van der Waals surface area contributed by atoms with Crippen LogP contribution in [0.3, 0.4) is 0 Å². The molecule has 2 nitrogen and oxygen atoms in total. The largest absolute Gasteiger partial charge is 0.396 e. The normalized spacial score (nSPS) is 11.7. The van der Waals surface area contributed by atoms with E-state index in [0.717, 1.165) is 4.47 Å². The van der Waals surface area contributed by atoms with Crippen LogP contribution in [-0.2, 0) is 6.42 Å². The highest BCUT2D eigenvalue weighted by Crippen LogP contribution is 2.34. The molecule has 0 N–H and O–H groups in total. The highest BCUT2D eigenvalue weighted by atomic mass is 79.9. The molecule has 1 aromatic carbocycles. The predicted octanol–water partition coefficient (Wildman–Crippen LogP) is 5.32. The minimum absolute atomic E-state index is 0.109. The van der Waals surface area contributed by atoms with Gasteiger partial charge in [0.25, 0.3) is 0 Å². The smallest absolute Gasteiger partial charge is 0.220 e. The molecular formula is C12H6BrCl2F3N2. The molecule has 1 aromatic heterocycles. The Morgan fingerprint density at radius 2 is 1.70 bits per heavy atom. The van der Waals surface area contributed by atoms with Gasteiger partial charge in [-0.3, -0.25) is 0 Å². The summed E-state index contributed by atoms with van der Waals surface area (Å²) in [5, 5.41) is -0.218. The van der Waals surface area contributed by atoms with Crippen molar-refractivity contribution in [1.82, 2.24) is 9.97 Å². The number of hydrogen-bond donors (Lipinski definition) is 0. The third-order valence-corrected chi connectivity index (χ3v) is 3.38. The molecular weight excluding hydrogens is 380 g/mol. The molecule has 0 fully saturated rings. The Labute approximate surface area is 131 Å². The Bertz CT molecular complexity index is 624. The molecule has 0 unspecified atom stereocenters. The minimum atomic E-state index is -4.41. The van der Waals surface area contributed by atoms with Crippen LogP contribution in [0.5, 0.6) is 0 Å². The second-order valence-electron chi connectivity index (χ2n) is 3.90. The van der Waals surface area contributed by atoms with Gasteiger partial charge in [-0.05, 0) is 17.7 Å². The molecule has 0 spiro atoms. The lowest BCUT2D eigenvalue weighted by atomic mass is 10.1. The summed E-state index contributed by atoms with van der Waals surface area (Å²) in [6, 6.07) is 6.98. The van der Waals surface area contributed by atoms with Crippen molar-refractivity contribution in [3.63, 3.8) is 0 Å². The summed E-state index contributed by atoms with van der Waals surface area (Å²) in [5.74, 6) is -0.453. The van der Waals surface area contributed by atoms with E-state index in [2.05, 4.69) is 25.9 Å². The standard InChI is InChI=1S/C12H6BrCl2F3N2/c13-7-3-1-2-6(4-7)9-10(14)19-8(20-11(9)15)5-12(16,17)18/h1-4H,5H2. The van der Waals surface area contributed by atoms with Crippen LogP contribution in [0.25, 0.3) is 11.1 Å². The molecule has 0 aliphatic carbocycles. The molecule has 8 heteroatoms. The summed E-state index contributed by atoms with van der Waals surface area (Å²) in [6.07, 6.45) is -5.69. The van der Waals surface area contributed by atoms with Gasteiger partial charge in [-0.15, -0.1) is 0 Å². The first-order chi connectivity index (χ1) is 9.26. The van der Waals surface area contributed by atoms with E-state index in [-0.39, 0.29) is 10.3 Å². The van der Waals surface area contributed by atoms with Crippen LogP contribution >= 0.6 is 39.1 Å². The molecule has 0 saturated carbocycles. The summed E-state index contributed by atoms with van der Waals surface area (Å²) in [4.78, 5) is 7.32. The molecule has 0 saturated heterocycles. The number of hydrogen-bond acceptors (Lipinski definition) is 2. The molecule has 2 rings (SSSR count). The van der Waals surface area contributed by atoms with Gasteiger partial charge in [-0.2, -0.15) is 13.2 Å². The molecule has 0 atom stereocenters. The first-order valence-corrected chi connectivity index (χ1v) is 6.86. The Morgan fingerprint density at radius 3 is 2.20 bits per heavy atom. The summed E-state index contributed by atoms with van der Waals surface area (Å²) >= 11 is 15.2. The van der Waals surface area contributed by atoms with E-state index in [0.29, 0.717) is 11.1 Å². The lowest BCUT2D eigenvalue weighted by molar-refractivity contribution is -0.128. The fourth-order valence-corrected chi connectivity index (χ4v) is 2.63. The van der Waals surface area contributed by atoms with Crippen LogP contribution in [0.15, 0.2) is 28.7 Å². The van der Waals surface area contributed by atoms with E-state index in [1.165, 1.54) is 0 Å². The Kier molecular flexibility index (Phi) is 4.56. The van der Waals surface area contributed by atoms with E-state index in [4.69, 9.17) is 23.2 Å². The topological polar surface area (TPSA) is 25.8 Å². The molecule has 0 aliphatic heterocycles. The van der Waals surface area contributed by atoms with Crippen molar-refractivity contribution >= 4 is 39.1 Å². The highest BCUT2D eigenvalue weighted by Gasteiger charge is 2.30. The first kappa shape index (κ1) is 15.5. The zero-order valence-electron chi connectivity index (χ0n) is 9.68. The van der Waals surface area contributed by atoms with Crippen molar-refractivity contribution in [2.45, 2.75) is 12.6 Å². The summed E-state index contributed by atoms with van der Waals surface area (Å²) in [7, 11) is 0. The second kappa shape index (κ2) is 5.87. The zero-order valence-corrected chi connectivity index (χ0v) is 12.8. The van der Waals surface area contributed by atoms with E-state index in [1.54, 1.807) is 24.3 Å². The molecule has 2 aromatic rings. The number of benzene rings is 1. The number of alkyl halides is 3. The van der Waals surface area contributed by atoms with E-state index in [9.17, 15) is 13.2 Å². The zero-order chi connectivity index (χ0) is 14.9.